The van der Waals surface area contributed by atoms with E-state index in [-0.39, 0.29) is 6.42 Å². The van der Waals surface area contributed by atoms with Crippen molar-refractivity contribution in [3.05, 3.63) is 71.8 Å². The fraction of sp³-hybridized carbons (Fsp3) is 0.176. The van der Waals surface area contributed by atoms with Gasteiger partial charge in [-0.15, -0.1) is 0 Å². The number of likely N-dealkylation sites (N-methyl/N-ethyl adjacent to an activating group) is 1. The zero-order chi connectivity index (χ0) is 15.3. The number of carboxylic acids is 1. The van der Waals surface area contributed by atoms with Gasteiger partial charge in [0, 0.05) is 13.5 Å². The Labute approximate surface area is 123 Å². The van der Waals surface area contributed by atoms with Crippen LogP contribution in [0.25, 0.3) is 0 Å². The summed E-state index contributed by atoms with van der Waals surface area (Å²) in [7, 11) is 1.50. The highest BCUT2D eigenvalue weighted by Crippen LogP contribution is 2.31. The lowest BCUT2D eigenvalue weighted by atomic mass is 9.82. The minimum absolute atomic E-state index is 0.211. The molecule has 2 rings (SSSR count). The van der Waals surface area contributed by atoms with Gasteiger partial charge in [0.2, 0.25) is 6.41 Å². The van der Waals surface area contributed by atoms with E-state index in [2.05, 4.69) is 0 Å². The molecule has 1 atom stereocenters. The molecular formula is C17H17NO3. The molecular weight excluding hydrogens is 266 g/mol. The van der Waals surface area contributed by atoms with Gasteiger partial charge >= 0.3 is 5.97 Å². The highest BCUT2D eigenvalue weighted by Gasteiger charge is 2.44. The van der Waals surface area contributed by atoms with Crippen molar-refractivity contribution in [1.29, 1.82) is 0 Å². The van der Waals surface area contributed by atoms with Crippen LogP contribution in [0.2, 0.25) is 0 Å². The van der Waals surface area contributed by atoms with Gasteiger partial charge in [-0.05, 0) is 11.1 Å². The molecule has 0 heterocycles. The number of hydrogen-bond donors (Lipinski definition) is 1. The molecule has 0 aromatic heterocycles. The summed E-state index contributed by atoms with van der Waals surface area (Å²) >= 11 is 0. The van der Waals surface area contributed by atoms with Gasteiger partial charge in [0.25, 0.3) is 0 Å². The minimum Gasteiger partial charge on any atom is -0.479 e. The number of nitrogens with zero attached hydrogens (tertiary/aromatic N) is 1. The van der Waals surface area contributed by atoms with E-state index in [1.165, 1.54) is 11.9 Å². The Morgan fingerprint density at radius 3 is 2.10 bits per heavy atom. The maximum Gasteiger partial charge on any atom is 0.334 e. The number of hydrogen-bond acceptors (Lipinski definition) is 2. The molecule has 0 aliphatic carbocycles. The second-order valence-electron chi connectivity index (χ2n) is 4.91. The van der Waals surface area contributed by atoms with E-state index < -0.39 is 11.5 Å². The summed E-state index contributed by atoms with van der Waals surface area (Å²) in [6, 6.07) is 18.1. The average Bonchev–Trinajstić information content (AvgIpc) is 2.53. The monoisotopic (exact) mass is 283 g/mol. The van der Waals surface area contributed by atoms with Crippen LogP contribution in [0.3, 0.4) is 0 Å². The molecule has 1 N–H and O–H groups in total. The molecule has 0 radical (unpaired) electrons. The van der Waals surface area contributed by atoms with E-state index >= 15 is 0 Å². The summed E-state index contributed by atoms with van der Waals surface area (Å²) in [4.78, 5) is 24.5. The third-order valence-corrected chi connectivity index (χ3v) is 3.67. The Hall–Kier alpha value is -2.62. The molecule has 0 aliphatic heterocycles. The molecule has 4 heteroatoms. The summed E-state index contributed by atoms with van der Waals surface area (Å²) in [6.07, 6.45) is 0.770. The van der Waals surface area contributed by atoms with E-state index in [0.29, 0.717) is 12.0 Å². The molecule has 0 fully saturated rings. The molecule has 2 aromatic carbocycles. The first-order chi connectivity index (χ1) is 10.1. The minimum atomic E-state index is -1.41. The van der Waals surface area contributed by atoms with Crippen LogP contribution in [-0.2, 0) is 21.5 Å². The lowest BCUT2D eigenvalue weighted by Gasteiger charge is -2.36. The SMILES string of the molecule is CN(C=O)C(Cc1ccccc1)(C(=O)O)c1ccccc1. The zero-order valence-electron chi connectivity index (χ0n) is 11.8. The normalized spacial score (nSPS) is 13.2. The Kier molecular flexibility index (Phi) is 4.38. The first-order valence-corrected chi connectivity index (χ1v) is 6.62. The number of rotatable bonds is 6. The summed E-state index contributed by atoms with van der Waals surface area (Å²) in [5, 5.41) is 9.84. The number of carboxylic acid groups (broad SMARTS) is 1. The van der Waals surface area contributed by atoms with Crippen LogP contribution >= 0.6 is 0 Å². The van der Waals surface area contributed by atoms with Crippen molar-refractivity contribution in [1.82, 2.24) is 4.90 Å². The molecule has 0 aliphatic rings. The van der Waals surface area contributed by atoms with E-state index in [1.807, 2.05) is 36.4 Å². The number of carbonyl (C=O) groups excluding carboxylic acids is 1. The lowest BCUT2D eigenvalue weighted by molar-refractivity contribution is -0.154. The van der Waals surface area contributed by atoms with Crippen LogP contribution in [0, 0.1) is 0 Å². The molecule has 21 heavy (non-hydrogen) atoms. The number of amides is 1. The highest BCUT2D eigenvalue weighted by molar-refractivity contribution is 5.83. The van der Waals surface area contributed by atoms with Crippen molar-refractivity contribution >= 4 is 12.4 Å². The Bertz CT molecular complexity index is 612. The zero-order valence-corrected chi connectivity index (χ0v) is 11.8. The van der Waals surface area contributed by atoms with Crippen LogP contribution in [0.1, 0.15) is 11.1 Å². The predicted molar refractivity (Wildman–Crippen MR) is 79.7 cm³/mol. The highest BCUT2D eigenvalue weighted by atomic mass is 16.4. The summed E-state index contributed by atoms with van der Waals surface area (Å²) in [6.45, 7) is 0. The number of aliphatic carboxylic acids is 1. The fourth-order valence-electron chi connectivity index (χ4n) is 2.48. The molecule has 0 bridgehead atoms. The first kappa shape index (κ1) is 14.8. The number of carbonyl (C=O) groups is 2. The van der Waals surface area contributed by atoms with Crippen molar-refractivity contribution in [3.63, 3.8) is 0 Å². The third-order valence-electron chi connectivity index (χ3n) is 3.67. The summed E-state index contributed by atoms with van der Waals surface area (Å²) < 4.78 is 0. The van der Waals surface area contributed by atoms with E-state index in [4.69, 9.17) is 0 Å². The Morgan fingerprint density at radius 2 is 1.62 bits per heavy atom. The van der Waals surface area contributed by atoms with Gasteiger partial charge in [-0.3, -0.25) is 4.79 Å². The van der Waals surface area contributed by atoms with Crippen LogP contribution in [-0.4, -0.2) is 29.4 Å². The van der Waals surface area contributed by atoms with Gasteiger partial charge in [-0.1, -0.05) is 60.7 Å². The third kappa shape index (κ3) is 2.79. The molecule has 0 saturated carbocycles. The topological polar surface area (TPSA) is 57.6 Å². The van der Waals surface area contributed by atoms with Crippen molar-refractivity contribution < 1.29 is 14.7 Å². The molecule has 0 saturated heterocycles. The quantitative estimate of drug-likeness (QED) is 0.828. The largest absolute Gasteiger partial charge is 0.479 e. The van der Waals surface area contributed by atoms with Crippen LogP contribution in [0.4, 0.5) is 0 Å². The van der Waals surface area contributed by atoms with Crippen LogP contribution in [0.15, 0.2) is 60.7 Å². The molecule has 2 aromatic rings. The van der Waals surface area contributed by atoms with Gasteiger partial charge in [0.1, 0.15) is 0 Å². The van der Waals surface area contributed by atoms with Gasteiger partial charge < -0.3 is 10.0 Å². The van der Waals surface area contributed by atoms with Gasteiger partial charge in [0.05, 0.1) is 0 Å². The molecule has 108 valence electrons. The van der Waals surface area contributed by atoms with Crippen molar-refractivity contribution in [3.8, 4) is 0 Å². The maximum atomic E-state index is 12.0. The standard InChI is InChI=1S/C17H17NO3/c1-18(13-19)17(16(20)21,15-10-6-3-7-11-15)12-14-8-4-2-5-9-14/h2-11,13H,12H2,1H3,(H,20,21). The van der Waals surface area contributed by atoms with Gasteiger partial charge in [0.15, 0.2) is 5.54 Å². The lowest BCUT2D eigenvalue weighted by Crippen LogP contribution is -2.51. The first-order valence-electron chi connectivity index (χ1n) is 6.62. The Morgan fingerprint density at radius 1 is 1.10 bits per heavy atom. The number of benzene rings is 2. The molecule has 1 amide bonds. The summed E-state index contributed by atoms with van der Waals surface area (Å²) in [5.74, 6) is -1.05. The van der Waals surface area contributed by atoms with Crippen molar-refractivity contribution in [2.24, 2.45) is 0 Å². The van der Waals surface area contributed by atoms with Crippen molar-refractivity contribution in [2.75, 3.05) is 7.05 Å². The van der Waals surface area contributed by atoms with Gasteiger partial charge in [-0.25, -0.2) is 4.79 Å². The maximum absolute atomic E-state index is 12.0. The van der Waals surface area contributed by atoms with E-state index in [0.717, 1.165) is 5.56 Å². The smallest absolute Gasteiger partial charge is 0.334 e. The predicted octanol–water partition coefficient (Wildman–Crippen LogP) is 2.30. The molecule has 4 nitrogen and oxygen atoms in total. The molecule has 1 unspecified atom stereocenters. The van der Waals surface area contributed by atoms with Gasteiger partial charge in [-0.2, -0.15) is 0 Å². The van der Waals surface area contributed by atoms with Crippen LogP contribution in [0.5, 0.6) is 0 Å². The Balaban J connectivity index is 2.57. The van der Waals surface area contributed by atoms with Crippen LogP contribution < -0.4 is 0 Å². The second-order valence-corrected chi connectivity index (χ2v) is 4.91. The molecule has 0 spiro atoms. The second kappa shape index (κ2) is 6.22. The average molecular weight is 283 g/mol. The fourth-order valence-corrected chi connectivity index (χ4v) is 2.48. The van der Waals surface area contributed by atoms with E-state index in [9.17, 15) is 14.7 Å². The van der Waals surface area contributed by atoms with E-state index in [1.54, 1.807) is 24.3 Å². The summed E-state index contributed by atoms with van der Waals surface area (Å²) in [5.41, 5.74) is 0.0260. The van der Waals surface area contributed by atoms with Crippen molar-refractivity contribution in [2.45, 2.75) is 12.0 Å².